The van der Waals surface area contributed by atoms with E-state index in [2.05, 4.69) is 20.7 Å². The predicted octanol–water partition coefficient (Wildman–Crippen LogP) is 2.30. The molecule has 0 spiro atoms. The number of rotatable bonds is 4. The number of aliphatic hydroxyl groups is 1. The molecule has 106 valence electrons. The molecule has 1 saturated carbocycles. The van der Waals surface area contributed by atoms with Crippen LogP contribution in [0.1, 0.15) is 31.2 Å². The summed E-state index contributed by atoms with van der Waals surface area (Å²) in [4.78, 5) is -0.419. The van der Waals surface area contributed by atoms with Gasteiger partial charge in [-0.05, 0) is 25.0 Å². The third-order valence-electron chi connectivity index (χ3n) is 3.22. The zero-order chi connectivity index (χ0) is 14.0. The van der Waals surface area contributed by atoms with Crippen molar-refractivity contribution in [3.05, 3.63) is 28.0 Å². The maximum Gasteiger partial charge on any atom is 0.243 e. The summed E-state index contributed by atoms with van der Waals surface area (Å²) in [5.74, 6) is -0.892. The van der Waals surface area contributed by atoms with Crippen LogP contribution in [0.2, 0.25) is 0 Å². The molecule has 0 amide bonds. The summed E-state index contributed by atoms with van der Waals surface area (Å²) in [6.07, 6.45) is 3.52. The van der Waals surface area contributed by atoms with Gasteiger partial charge in [0, 0.05) is 16.1 Å². The van der Waals surface area contributed by atoms with Gasteiger partial charge in [-0.15, -0.1) is 0 Å². The quantitative estimate of drug-likeness (QED) is 0.874. The van der Waals surface area contributed by atoms with Crippen LogP contribution in [0.5, 0.6) is 0 Å². The Bertz CT molecular complexity index is 571. The van der Waals surface area contributed by atoms with E-state index in [4.69, 9.17) is 5.11 Å². The van der Waals surface area contributed by atoms with Crippen LogP contribution in [0.3, 0.4) is 0 Å². The van der Waals surface area contributed by atoms with Crippen molar-refractivity contribution in [1.29, 1.82) is 0 Å². The lowest BCUT2D eigenvalue weighted by atomic mass is 10.2. The Morgan fingerprint density at radius 1 is 1.37 bits per heavy atom. The largest absolute Gasteiger partial charge is 0.392 e. The van der Waals surface area contributed by atoms with Gasteiger partial charge in [-0.3, -0.25) is 0 Å². The molecule has 1 fully saturated rings. The molecular formula is C12H15BrFNO3S. The van der Waals surface area contributed by atoms with E-state index in [1.54, 1.807) is 0 Å². The molecule has 1 aliphatic rings. The second-order valence-corrected chi connectivity index (χ2v) is 7.24. The predicted molar refractivity (Wildman–Crippen MR) is 72.6 cm³/mol. The monoisotopic (exact) mass is 351 g/mol. The van der Waals surface area contributed by atoms with Crippen LogP contribution >= 0.6 is 15.9 Å². The summed E-state index contributed by atoms with van der Waals surface area (Å²) in [5.41, 5.74) is -0.0406. The standard InChI is InChI=1S/C12H15BrFNO3S/c13-9-5-8(7-16)12(14)11(6-9)19(17,18)15-10-3-1-2-4-10/h5-6,10,15-16H,1-4,7H2. The van der Waals surface area contributed by atoms with Gasteiger partial charge in [0.05, 0.1) is 6.61 Å². The van der Waals surface area contributed by atoms with Crippen LogP contribution in [-0.4, -0.2) is 19.6 Å². The summed E-state index contributed by atoms with van der Waals surface area (Å²) in [6, 6.07) is 2.45. The summed E-state index contributed by atoms with van der Waals surface area (Å²) in [7, 11) is -3.90. The number of aliphatic hydroxyl groups excluding tert-OH is 1. The van der Waals surface area contributed by atoms with Crippen molar-refractivity contribution in [2.45, 2.75) is 43.2 Å². The van der Waals surface area contributed by atoms with Gasteiger partial charge in [0.25, 0.3) is 0 Å². The van der Waals surface area contributed by atoms with E-state index in [0.29, 0.717) is 4.47 Å². The second-order valence-electron chi connectivity index (χ2n) is 4.64. The van der Waals surface area contributed by atoms with Gasteiger partial charge in [0.1, 0.15) is 10.7 Å². The van der Waals surface area contributed by atoms with Crippen molar-refractivity contribution in [3.8, 4) is 0 Å². The summed E-state index contributed by atoms with van der Waals surface area (Å²) in [6.45, 7) is -0.544. The Hall–Kier alpha value is -0.500. The maximum atomic E-state index is 14.0. The van der Waals surface area contributed by atoms with Crippen molar-refractivity contribution >= 4 is 26.0 Å². The number of benzene rings is 1. The van der Waals surface area contributed by atoms with Gasteiger partial charge < -0.3 is 5.11 Å². The van der Waals surface area contributed by atoms with E-state index in [0.717, 1.165) is 25.7 Å². The zero-order valence-electron chi connectivity index (χ0n) is 10.2. The molecule has 0 bridgehead atoms. The Kier molecular flexibility index (Phi) is 4.60. The third-order valence-corrected chi connectivity index (χ3v) is 5.19. The topological polar surface area (TPSA) is 66.4 Å². The highest BCUT2D eigenvalue weighted by Crippen LogP contribution is 2.26. The van der Waals surface area contributed by atoms with Gasteiger partial charge in [-0.1, -0.05) is 28.8 Å². The molecule has 19 heavy (non-hydrogen) atoms. The molecule has 0 unspecified atom stereocenters. The summed E-state index contributed by atoms with van der Waals surface area (Å²) in [5, 5.41) is 9.04. The first-order valence-corrected chi connectivity index (χ1v) is 8.33. The van der Waals surface area contributed by atoms with Crippen LogP contribution in [0.25, 0.3) is 0 Å². The van der Waals surface area contributed by atoms with E-state index in [-0.39, 0.29) is 11.6 Å². The molecule has 0 aromatic heterocycles. The molecular weight excluding hydrogens is 337 g/mol. The highest BCUT2D eigenvalue weighted by Gasteiger charge is 2.26. The fraction of sp³-hybridized carbons (Fsp3) is 0.500. The molecule has 1 aromatic carbocycles. The first kappa shape index (κ1) is 14.9. The average Bonchev–Trinajstić information content (AvgIpc) is 2.83. The third kappa shape index (κ3) is 3.34. The van der Waals surface area contributed by atoms with Crippen molar-refractivity contribution in [2.24, 2.45) is 0 Å². The molecule has 1 aliphatic carbocycles. The minimum absolute atomic E-state index is 0.0406. The van der Waals surface area contributed by atoms with Crippen LogP contribution < -0.4 is 4.72 Å². The van der Waals surface area contributed by atoms with E-state index in [1.165, 1.54) is 12.1 Å². The molecule has 0 atom stereocenters. The van der Waals surface area contributed by atoms with E-state index in [1.807, 2.05) is 0 Å². The van der Waals surface area contributed by atoms with Crippen molar-refractivity contribution in [3.63, 3.8) is 0 Å². The van der Waals surface area contributed by atoms with E-state index >= 15 is 0 Å². The SMILES string of the molecule is O=S(=O)(NC1CCCC1)c1cc(Br)cc(CO)c1F. The maximum absolute atomic E-state index is 14.0. The van der Waals surface area contributed by atoms with Gasteiger partial charge in [-0.2, -0.15) is 0 Å². The number of hydrogen-bond donors (Lipinski definition) is 2. The lowest BCUT2D eigenvalue weighted by Gasteiger charge is -2.14. The Balaban J connectivity index is 2.36. The van der Waals surface area contributed by atoms with Gasteiger partial charge in [0.15, 0.2) is 0 Å². The molecule has 2 rings (SSSR count). The Morgan fingerprint density at radius 2 is 2.00 bits per heavy atom. The van der Waals surface area contributed by atoms with Crippen LogP contribution in [-0.2, 0) is 16.6 Å². The number of halogens is 2. The lowest BCUT2D eigenvalue weighted by molar-refractivity contribution is 0.274. The zero-order valence-corrected chi connectivity index (χ0v) is 12.6. The molecule has 0 saturated heterocycles. The van der Waals surface area contributed by atoms with E-state index < -0.39 is 27.3 Å². The minimum atomic E-state index is -3.90. The molecule has 0 radical (unpaired) electrons. The minimum Gasteiger partial charge on any atom is -0.392 e. The highest BCUT2D eigenvalue weighted by molar-refractivity contribution is 9.10. The molecule has 7 heteroatoms. The summed E-state index contributed by atoms with van der Waals surface area (Å²) < 4.78 is 41.3. The fourth-order valence-electron chi connectivity index (χ4n) is 2.26. The van der Waals surface area contributed by atoms with Crippen LogP contribution in [0.15, 0.2) is 21.5 Å². The van der Waals surface area contributed by atoms with Crippen molar-refractivity contribution in [1.82, 2.24) is 4.72 Å². The Morgan fingerprint density at radius 3 is 2.58 bits per heavy atom. The van der Waals surface area contributed by atoms with Crippen molar-refractivity contribution in [2.75, 3.05) is 0 Å². The highest BCUT2D eigenvalue weighted by atomic mass is 79.9. The summed E-state index contributed by atoms with van der Waals surface area (Å²) >= 11 is 3.12. The van der Waals surface area contributed by atoms with Gasteiger partial charge in [0.2, 0.25) is 10.0 Å². The number of nitrogens with one attached hydrogen (secondary N) is 1. The smallest absolute Gasteiger partial charge is 0.243 e. The average molecular weight is 352 g/mol. The van der Waals surface area contributed by atoms with Crippen LogP contribution in [0.4, 0.5) is 4.39 Å². The van der Waals surface area contributed by atoms with Crippen LogP contribution in [0, 0.1) is 5.82 Å². The normalized spacial score (nSPS) is 17.0. The lowest BCUT2D eigenvalue weighted by Crippen LogP contribution is -2.33. The van der Waals surface area contributed by atoms with Gasteiger partial charge in [-0.25, -0.2) is 17.5 Å². The van der Waals surface area contributed by atoms with E-state index in [9.17, 15) is 12.8 Å². The van der Waals surface area contributed by atoms with Gasteiger partial charge >= 0.3 is 0 Å². The number of hydrogen-bond acceptors (Lipinski definition) is 3. The second kappa shape index (κ2) is 5.87. The molecule has 4 nitrogen and oxygen atoms in total. The molecule has 1 aromatic rings. The Labute approximate surface area is 120 Å². The molecule has 2 N–H and O–H groups in total. The molecule has 0 heterocycles. The molecule has 0 aliphatic heterocycles. The first-order valence-electron chi connectivity index (χ1n) is 6.05. The van der Waals surface area contributed by atoms with Crippen molar-refractivity contribution < 1.29 is 17.9 Å². The fourth-order valence-corrected chi connectivity index (χ4v) is 4.36. The first-order chi connectivity index (χ1) is 8.94. The number of sulfonamides is 1.